The van der Waals surface area contributed by atoms with Crippen molar-refractivity contribution in [3.05, 3.63) is 47.6 Å². The maximum Gasteiger partial charge on any atom is 0.270 e. The molecule has 0 N–H and O–H groups in total. The molecule has 1 fully saturated rings. The highest BCUT2D eigenvalue weighted by Gasteiger charge is 2.58. The third-order valence-corrected chi connectivity index (χ3v) is 2.84. The Bertz CT molecular complexity index is 621. The highest BCUT2D eigenvalue weighted by molar-refractivity contribution is 5.64. The molecule has 0 aromatic heterocycles. The summed E-state index contributed by atoms with van der Waals surface area (Å²) in [4.78, 5) is 0. The summed E-state index contributed by atoms with van der Waals surface area (Å²) in [6.45, 7) is 0. The van der Waals surface area contributed by atoms with Gasteiger partial charge >= 0.3 is 0 Å². The van der Waals surface area contributed by atoms with Gasteiger partial charge in [-0.1, -0.05) is 36.5 Å². The van der Waals surface area contributed by atoms with Crippen LogP contribution < -0.4 is 0 Å². The third kappa shape index (κ3) is 1.55. The Morgan fingerprint density at radius 3 is 1.37 bits per heavy atom. The number of ether oxygens (including phenoxy) is 1. The minimum absolute atomic E-state index is 0.223. The molecule has 0 aromatic carbocycles. The molecular weight excluding hydrogens is 240 g/mol. The van der Waals surface area contributed by atoms with E-state index >= 15 is 0 Å². The van der Waals surface area contributed by atoms with Gasteiger partial charge in [-0.25, -0.2) is 0 Å². The number of nitriles is 4. The van der Waals surface area contributed by atoms with Gasteiger partial charge in [-0.15, -0.1) is 0 Å². The second kappa shape index (κ2) is 4.28. The van der Waals surface area contributed by atoms with Gasteiger partial charge in [-0.3, -0.25) is 0 Å². The first-order chi connectivity index (χ1) is 9.18. The van der Waals surface area contributed by atoms with E-state index in [1.807, 2.05) is 0 Å². The highest BCUT2D eigenvalue weighted by atomic mass is 16.5. The molecule has 1 saturated heterocycles. The summed E-state index contributed by atoms with van der Waals surface area (Å²) in [7, 11) is 0. The monoisotopic (exact) mass is 246 g/mol. The van der Waals surface area contributed by atoms with E-state index < -0.39 is 11.2 Å². The number of nitrogens with zero attached hydrogens (tertiary/aromatic N) is 4. The van der Waals surface area contributed by atoms with Crippen LogP contribution in [-0.4, -0.2) is 11.2 Å². The number of rotatable bonds is 0. The van der Waals surface area contributed by atoms with Crippen molar-refractivity contribution in [1.29, 1.82) is 21.0 Å². The molecule has 0 saturated carbocycles. The summed E-state index contributed by atoms with van der Waals surface area (Å²) >= 11 is 0. The summed E-state index contributed by atoms with van der Waals surface area (Å²) < 4.78 is 5.24. The standard InChI is InChI=1S/C14H6N4O/c15-7-13(8-16)11-5-3-1-2-4-6-12(11)14(9-17,10-18)19-13/h1-6H/b2-1?,3-1-,4-2-,5-3?,6-4?,11-5?,12-6?. The highest BCUT2D eigenvalue weighted by Crippen LogP contribution is 2.46. The Labute approximate surface area is 109 Å². The van der Waals surface area contributed by atoms with Gasteiger partial charge in [0, 0.05) is 11.1 Å². The van der Waals surface area contributed by atoms with Crippen molar-refractivity contribution >= 4 is 0 Å². The summed E-state index contributed by atoms with van der Waals surface area (Å²) in [6.07, 6.45) is 9.68. The third-order valence-electron chi connectivity index (χ3n) is 2.84. The van der Waals surface area contributed by atoms with E-state index in [9.17, 15) is 21.0 Å². The average molecular weight is 246 g/mol. The molecule has 1 aliphatic carbocycles. The Balaban J connectivity index is 2.79. The van der Waals surface area contributed by atoms with Crippen LogP contribution in [0.4, 0.5) is 0 Å². The second-order valence-electron chi connectivity index (χ2n) is 3.84. The van der Waals surface area contributed by atoms with E-state index in [2.05, 4.69) is 0 Å². The smallest absolute Gasteiger partial charge is 0.270 e. The molecule has 88 valence electrons. The summed E-state index contributed by atoms with van der Waals surface area (Å²) in [5, 5.41) is 36.9. The van der Waals surface area contributed by atoms with Gasteiger partial charge in [-0.05, 0) is 0 Å². The molecule has 0 spiro atoms. The van der Waals surface area contributed by atoms with Gasteiger partial charge in [-0.2, -0.15) is 21.0 Å². The molecule has 5 nitrogen and oxygen atoms in total. The Hall–Kier alpha value is -3.12. The van der Waals surface area contributed by atoms with Gasteiger partial charge in [0.1, 0.15) is 24.3 Å². The van der Waals surface area contributed by atoms with E-state index in [-0.39, 0.29) is 11.1 Å². The Morgan fingerprint density at radius 1 is 0.684 bits per heavy atom. The van der Waals surface area contributed by atoms with Crippen molar-refractivity contribution in [2.45, 2.75) is 11.2 Å². The zero-order valence-electron chi connectivity index (χ0n) is 9.66. The molecule has 19 heavy (non-hydrogen) atoms. The first kappa shape index (κ1) is 12.3. The topological polar surface area (TPSA) is 104 Å². The molecule has 1 heterocycles. The quantitative estimate of drug-likeness (QED) is 0.645. The fraction of sp³-hybridized carbons (Fsp3) is 0.143. The molecular formula is C14H6N4O. The maximum absolute atomic E-state index is 9.21. The van der Waals surface area contributed by atoms with Gasteiger partial charge < -0.3 is 4.74 Å². The van der Waals surface area contributed by atoms with Crippen molar-refractivity contribution in [3.63, 3.8) is 0 Å². The zero-order valence-corrected chi connectivity index (χ0v) is 9.66. The largest absolute Gasteiger partial charge is 0.305 e. The lowest BCUT2D eigenvalue weighted by Gasteiger charge is -2.13. The summed E-state index contributed by atoms with van der Waals surface area (Å²) in [5.41, 5.74) is -3.43. The molecule has 2 rings (SSSR count). The van der Waals surface area contributed by atoms with E-state index in [4.69, 9.17) is 4.74 Å². The fourth-order valence-electron chi connectivity index (χ4n) is 1.95. The Kier molecular flexibility index (Phi) is 2.78. The minimum atomic E-state index is -1.94. The van der Waals surface area contributed by atoms with E-state index in [0.717, 1.165) is 0 Å². The lowest BCUT2D eigenvalue weighted by atomic mass is 9.86. The van der Waals surface area contributed by atoms with Crippen LogP contribution in [0.3, 0.4) is 0 Å². The van der Waals surface area contributed by atoms with Crippen LogP contribution in [0.25, 0.3) is 0 Å². The van der Waals surface area contributed by atoms with E-state index in [1.54, 1.807) is 48.6 Å². The van der Waals surface area contributed by atoms with Gasteiger partial charge in [0.15, 0.2) is 0 Å². The predicted molar refractivity (Wildman–Crippen MR) is 63.4 cm³/mol. The fourth-order valence-corrected chi connectivity index (χ4v) is 1.95. The maximum atomic E-state index is 9.21. The minimum Gasteiger partial charge on any atom is -0.305 e. The molecule has 0 aromatic rings. The van der Waals surface area contributed by atoms with Gasteiger partial charge in [0.05, 0.1) is 0 Å². The molecule has 0 bridgehead atoms. The van der Waals surface area contributed by atoms with Crippen molar-refractivity contribution in [2.24, 2.45) is 0 Å². The van der Waals surface area contributed by atoms with Crippen LogP contribution in [0.5, 0.6) is 0 Å². The van der Waals surface area contributed by atoms with Crippen LogP contribution in [-0.2, 0) is 4.74 Å². The average Bonchev–Trinajstić information content (AvgIpc) is 2.68. The first-order valence-corrected chi connectivity index (χ1v) is 5.30. The van der Waals surface area contributed by atoms with E-state index in [0.29, 0.717) is 0 Å². The zero-order chi connectivity index (χ0) is 13.9. The van der Waals surface area contributed by atoms with Crippen LogP contribution in [0, 0.1) is 45.3 Å². The van der Waals surface area contributed by atoms with Crippen LogP contribution >= 0.6 is 0 Å². The molecule has 2 aliphatic rings. The molecule has 0 amide bonds. The second-order valence-corrected chi connectivity index (χ2v) is 3.84. The normalized spacial score (nSPS) is 24.6. The molecule has 0 unspecified atom stereocenters. The van der Waals surface area contributed by atoms with E-state index in [1.165, 1.54) is 12.2 Å². The summed E-state index contributed by atoms with van der Waals surface area (Å²) in [6, 6.07) is 6.98. The van der Waals surface area contributed by atoms with Crippen LogP contribution in [0.15, 0.2) is 47.6 Å². The molecule has 1 aliphatic heterocycles. The van der Waals surface area contributed by atoms with Crippen molar-refractivity contribution in [1.82, 2.24) is 0 Å². The van der Waals surface area contributed by atoms with Crippen molar-refractivity contribution in [3.8, 4) is 24.3 Å². The van der Waals surface area contributed by atoms with Gasteiger partial charge in [0.2, 0.25) is 0 Å². The summed E-state index contributed by atoms with van der Waals surface area (Å²) in [5.74, 6) is 0. The lowest BCUT2D eigenvalue weighted by Crippen LogP contribution is -2.32. The lowest BCUT2D eigenvalue weighted by molar-refractivity contribution is 0.0401. The van der Waals surface area contributed by atoms with Crippen molar-refractivity contribution in [2.75, 3.05) is 0 Å². The predicted octanol–water partition coefficient (Wildman–Crippen LogP) is 1.57. The SMILES string of the molecule is N#CC1(C#N)OC(C#N)(C#N)C2=C/C=C\C=C/C=C21. The molecule has 5 heteroatoms. The van der Waals surface area contributed by atoms with Crippen LogP contribution in [0.2, 0.25) is 0 Å². The molecule has 0 radical (unpaired) electrons. The molecule has 0 atom stereocenters. The van der Waals surface area contributed by atoms with Crippen molar-refractivity contribution < 1.29 is 4.74 Å². The van der Waals surface area contributed by atoms with Crippen LogP contribution in [0.1, 0.15) is 0 Å². The Morgan fingerprint density at radius 2 is 1.05 bits per heavy atom. The number of hydrogen-bond donors (Lipinski definition) is 0. The van der Waals surface area contributed by atoms with Gasteiger partial charge in [0.25, 0.3) is 11.2 Å². The number of hydrogen-bond acceptors (Lipinski definition) is 5. The number of fused-ring (bicyclic) bond motifs is 1. The first-order valence-electron chi connectivity index (χ1n) is 5.30. The number of allylic oxidation sites excluding steroid dienone is 6.